The quantitative estimate of drug-likeness (QED) is 0.681. The van der Waals surface area contributed by atoms with Crippen LogP contribution in [-0.4, -0.2) is 29.8 Å². The molecule has 0 radical (unpaired) electrons. The van der Waals surface area contributed by atoms with Crippen LogP contribution in [0.2, 0.25) is 0 Å². The number of rotatable bonds is 3. The maximum atomic E-state index is 13.9. The first kappa shape index (κ1) is 16.3. The highest BCUT2D eigenvalue weighted by molar-refractivity contribution is 6.41. The lowest BCUT2D eigenvalue weighted by Crippen LogP contribution is -2.54. The van der Waals surface area contributed by atoms with Gasteiger partial charge in [-0.15, -0.1) is 0 Å². The summed E-state index contributed by atoms with van der Waals surface area (Å²) < 4.78 is 13.9. The Hall–Kier alpha value is -3.21. The van der Waals surface area contributed by atoms with E-state index in [0.29, 0.717) is 18.7 Å². The van der Waals surface area contributed by atoms with Crippen molar-refractivity contribution in [2.45, 2.75) is 6.54 Å². The van der Waals surface area contributed by atoms with Crippen molar-refractivity contribution in [1.82, 2.24) is 4.90 Å². The van der Waals surface area contributed by atoms with Gasteiger partial charge in [0.25, 0.3) is 0 Å². The first-order valence-corrected chi connectivity index (χ1v) is 8.47. The topological polar surface area (TPSA) is 40.6 Å². The lowest BCUT2D eigenvalue weighted by atomic mass is 10.1. The molecule has 4 nitrogen and oxygen atoms in total. The second-order valence-electron chi connectivity index (χ2n) is 6.27. The standard InChI is InChI=1S/C21H17FN2O2/c22-18-10-4-2-7-16(18)14-23-12-13-24(21(26)20(23)25)19-11-5-8-15-6-1-3-9-17(15)19/h1-11H,12-14H2. The zero-order valence-electron chi connectivity index (χ0n) is 14.1. The van der Waals surface area contributed by atoms with Crippen LogP contribution in [0.25, 0.3) is 10.8 Å². The van der Waals surface area contributed by atoms with Crippen molar-refractivity contribution in [1.29, 1.82) is 0 Å². The highest BCUT2D eigenvalue weighted by Gasteiger charge is 2.34. The van der Waals surface area contributed by atoms with Crippen molar-refractivity contribution in [2.24, 2.45) is 0 Å². The predicted octanol–water partition coefficient (Wildman–Crippen LogP) is 3.35. The molecule has 0 spiro atoms. The summed E-state index contributed by atoms with van der Waals surface area (Å²) in [5.74, 6) is -1.55. The van der Waals surface area contributed by atoms with E-state index in [4.69, 9.17) is 0 Å². The number of benzene rings is 3. The summed E-state index contributed by atoms with van der Waals surface area (Å²) in [5, 5.41) is 1.94. The van der Waals surface area contributed by atoms with Crippen LogP contribution in [0, 0.1) is 5.82 Å². The molecule has 0 aliphatic carbocycles. The van der Waals surface area contributed by atoms with Crippen LogP contribution in [0.15, 0.2) is 66.7 Å². The van der Waals surface area contributed by atoms with E-state index in [0.717, 1.165) is 16.5 Å². The molecule has 1 saturated heterocycles. The van der Waals surface area contributed by atoms with Crippen LogP contribution in [0.5, 0.6) is 0 Å². The van der Waals surface area contributed by atoms with E-state index < -0.39 is 11.8 Å². The summed E-state index contributed by atoms with van der Waals surface area (Å²) in [6, 6.07) is 19.8. The fraction of sp³-hybridized carbons (Fsp3) is 0.143. The van der Waals surface area contributed by atoms with Crippen molar-refractivity contribution in [3.05, 3.63) is 78.1 Å². The number of hydrogen-bond acceptors (Lipinski definition) is 2. The molecule has 1 heterocycles. The zero-order valence-corrected chi connectivity index (χ0v) is 14.1. The molecular formula is C21H17FN2O2. The number of halogens is 1. The molecule has 2 amide bonds. The predicted molar refractivity (Wildman–Crippen MR) is 98.1 cm³/mol. The molecule has 5 heteroatoms. The van der Waals surface area contributed by atoms with Crippen LogP contribution in [-0.2, 0) is 16.1 Å². The Morgan fingerprint density at radius 2 is 1.54 bits per heavy atom. The molecule has 3 aromatic carbocycles. The summed E-state index contributed by atoms with van der Waals surface area (Å²) in [4.78, 5) is 28.2. The van der Waals surface area contributed by atoms with E-state index in [-0.39, 0.29) is 12.4 Å². The smallest absolute Gasteiger partial charge is 0.316 e. The Bertz CT molecular complexity index is 997. The van der Waals surface area contributed by atoms with Gasteiger partial charge in [-0.2, -0.15) is 0 Å². The Balaban J connectivity index is 1.60. The fourth-order valence-corrected chi connectivity index (χ4v) is 3.33. The van der Waals surface area contributed by atoms with E-state index in [1.807, 2.05) is 42.5 Å². The minimum atomic E-state index is -0.604. The monoisotopic (exact) mass is 348 g/mol. The first-order valence-electron chi connectivity index (χ1n) is 8.47. The molecule has 1 aliphatic heterocycles. The molecule has 0 atom stereocenters. The van der Waals surface area contributed by atoms with Crippen LogP contribution in [0.1, 0.15) is 5.56 Å². The number of hydrogen-bond donors (Lipinski definition) is 0. The van der Waals surface area contributed by atoms with Gasteiger partial charge in [-0.05, 0) is 17.5 Å². The molecule has 0 N–H and O–H groups in total. The number of fused-ring (bicyclic) bond motifs is 1. The summed E-state index contributed by atoms with van der Waals surface area (Å²) in [7, 11) is 0. The SMILES string of the molecule is O=C1C(=O)N(c2cccc3ccccc23)CCN1Cc1ccccc1F. The summed E-state index contributed by atoms with van der Waals surface area (Å²) in [6.45, 7) is 0.843. The lowest BCUT2D eigenvalue weighted by molar-refractivity contribution is -0.146. The second kappa shape index (κ2) is 6.59. The Morgan fingerprint density at radius 3 is 2.38 bits per heavy atom. The summed E-state index contributed by atoms with van der Waals surface area (Å²) >= 11 is 0. The first-order chi connectivity index (χ1) is 12.6. The van der Waals surface area contributed by atoms with E-state index in [1.165, 1.54) is 15.9 Å². The van der Waals surface area contributed by atoms with Crippen LogP contribution in [0.4, 0.5) is 10.1 Å². The van der Waals surface area contributed by atoms with Gasteiger partial charge in [0.15, 0.2) is 0 Å². The minimum Gasteiger partial charge on any atom is -0.328 e. The summed E-state index contributed by atoms with van der Waals surface area (Å²) in [5.41, 5.74) is 1.14. The number of anilines is 1. The number of nitrogens with zero attached hydrogens (tertiary/aromatic N) is 2. The Labute approximate surface area is 150 Å². The van der Waals surface area contributed by atoms with Crippen molar-refractivity contribution in [3.8, 4) is 0 Å². The van der Waals surface area contributed by atoms with Crippen molar-refractivity contribution < 1.29 is 14.0 Å². The molecule has 4 rings (SSSR count). The van der Waals surface area contributed by atoms with Crippen molar-refractivity contribution >= 4 is 28.3 Å². The van der Waals surface area contributed by atoms with Crippen LogP contribution >= 0.6 is 0 Å². The van der Waals surface area contributed by atoms with Gasteiger partial charge in [-0.1, -0.05) is 54.6 Å². The third-order valence-corrected chi connectivity index (χ3v) is 4.69. The zero-order chi connectivity index (χ0) is 18.1. The van der Waals surface area contributed by atoms with Gasteiger partial charge in [0.1, 0.15) is 5.82 Å². The highest BCUT2D eigenvalue weighted by atomic mass is 19.1. The van der Waals surface area contributed by atoms with E-state index in [9.17, 15) is 14.0 Å². The summed E-state index contributed by atoms with van der Waals surface area (Å²) in [6.07, 6.45) is 0. The number of piperazine rings is 1. The lowest BCUT2D eigenvalue weighted by Gasteiger charge is -2.34. The number of amides is 2. The largest absolute Gasteiger partial charge is 0.328 e. The van der Waals surface area contributed by atoms with Crippen LogP contribution in [0.3, 0.4) is 0 Å². The van der Waals surface area contributed by atoms with Gasteiger partial charge in [0.05, 0.1) is 5.69 Å². The second-order valence-corrected chi connectivity index (χ2v) is 6.27. The Kier molecular flexibility index (Phi) is 4.13. The molecule has 26 heavy (non-hydrogen) atoms. The molecule has 0 unspecified atom stereocenters. The third kappa shape index (κ3) is 2.81. The van der Waals surface area contributed by atoms with Gasteiger partial charge in [-0.25, -0.2) is 4.39 Å². The molecule has 1 fully saturated rings. The highest BCUT2D eigenvalue weighted by Crippen LogP contribution is 2.28. The van der Waals surface area contributed by atoms with E-state index in [1.54, 1.807) is 18.2 Å². The van der Waals surface area contributed by atoms with Crippen molar-refractivity contribution in [3.63, 3.8) is 0 Å². The molecule has 0 saturated carbocycles. The van der Waals surface area contributed by atoms with E-state index in [2.05, 4.69) is 0 Å². The molecule has 0 aromatic heterocycles. The maximum Gasteiger partial charge on any atom is 0.316 e. The van der Waals surface area contributed by atoms with E-state index >= 15 is 0 Å². The van der Waals surface area contributed by atoms with Gasteiger partial charge in [-0.3, -0.25) is 9.59 Å². The van der Waals surface area contributed by atoms with Gasteiger partial charge >= 0.3 is 11.8 Å². The third-order valence-electron chi connectivity index (χ3n) is 4.69. The van der Waals surface area contributed by atoms with Crippen LogP contribution < -0.4 is 4.90 Å². The average Bonchev–Trinajstić information content (AvgIpc) is 2.67. The van der Waals surface area contributed by atoms with Gasteiger partial charge in [0, 0.05) is 30.6 Å². The minimum absolute atomic E-state index is 0.0978. The average molecular weight is 348 g/mol. The number of carbonyl (C=O) groups excluding carboxylic acids is 2. The van der Waals surface area contributed by atoms with Gasteiger partial charge < -0.3 is 9.80 Å². The maximum absolute atomic E-state index is 13.9. The Morgan fingerprint density at radius 1 is 0.808 bits per heavy atom. The molecule has 130 valence electrons. The van der Waals surface area contributed by atoms with Crippen molar-refractivity contribution in [2.75, 3.05) is 18.0 Å². The van der Waals surface area contributed by atoms with Gasteiger partial charge in [0.2, 0.25) is 0 Å². The molecule has 0 bridgehead atoms. The fourth-order valence-electron chi connectivity index (χ4n) is 3.33. The normalized spacial score (nSPS) is 15.0. The number of carbonyl (C=O) groups is 2. The molecule has 3 aromatic rings. The molecule has 1 aliphatic rings. The molecular weight excluding hydrogens is 331 g/mol.